The van der Waals surface area contributed by atoms with Gasteiger partial charge in [-0.2, -0.15) is 0 Å². The standard InChI is InChI=1S/C30H33N5O5S/c1-5-40-24-11-8-9-22(21-24)13-14-23-10-6-7-12-25(23)29(37)35-19-17-34(18-20-35)27-16-15-26(31-32-27)28(36)33-41(38,39)30(2,3)4/h6-12,15-16,21H,5,17-20H2,1-4H3,(H,33,36). The quantitative estimate of drug-likeness (QED) is 0.445. The average Bonchev–Trinajstić information content (AvgIpc) is 2.96. The van der Waals surface area contributed by atoms with Gasteiger partial charge in [0.2, 0.25) is 10.0 Å². The van der Waals surface area contributed by atoms with Gasteiger partial charge in [0.1, 0.15) is 5.75 Å². The summed E-state index contributed by atoms with van der Waals surface area (Å²) in [6, 6.07) is 17.9. The van der Waals surface area contributed by atoms with Gasteiger partial charge >= 0.3 is 0 Å². The zero-order valence-electron chi connectivity index (χ0n) is 23.5. The molecule has 1 saturated heterocycles. The van der Waals surface area contributed by atoms with Crippen LogP contribution in [0.1, 0.15) is 59.7 Å². The number of sulfonamides is 1. The van der Waals surface area contributed by atoms with Gasteiger partial charge in [-0.15, -0.1) is 10.2 Å². The topological polar surface area (TPSA) is 122 Å². The number of carbonyl (C=O) groups excluding carboxylic acids is 2. The van der Waals surface area contributed by atoms with E-state index >= 15 is 0 Å². The predicted octanol–water partition coefficient (Wildman–Crippen LogP) is 3.10. The maximum absolute atomic E-state index is 13.4. The monoisotopic (exact) mass is 575 g/mol. The SMILES string of the molecule is CCOc1cccc(C#Cc2ccccc2C(=O)N2CCN(c3ccc(C(=O)NS(=O)(=O)C(C)(C)C)nn3)CC2)c1. The fourth-order valence-electron chi connectivity index (χ4n) is 4.00. The van der Waals surface area contributed by atoms with Gasteiger partial charge in [0.25, 0.3) is 11.8 Å². The molecular weight excluding hydrogens is 542 g/mol. The van der Waals surface area contributed by atoms with Crippen molar-refractivity contribution in [3.05, 3.63) is 83.0 Å². The highest BCUT2D eigenvalue weighted by atomic mass is 32.2. The Morgan fingerprint density at radius 1 is 0.951 bits per heavy atom. The first-order valence-electron chi connectivity index (χ1n) is 13.3. The molecule has 1 aliphatic heterocycles. The fourth-order valence-corrected chi connectivity index (χ4v) is 4.65. The second-order valence-corrected chi connectivity index (χ2v) is 12.8. The minimum atomic E-state index is -3.87. The van der Waals surface area contributed by atoms with Gasteiger partial charge in [-0.1, -0.05) is 30.0 Å². The van der Waals surface area contributed by atoms with Crippen LogP contribution in [-0.2, 0) is 10.0 Å². The molecular formula is C30H33N5O5S. The third-order valence-corrected chi connectivity index (χ3v) is 8.52. The van der Waals surface area contributed by atoms with Crippen LogP contribution in [0.15, 0.2) is 60.7 Å². The first-order valence-corrected chi connectivity index (χ1v) is 14.8. The van der Waals surface area contributed by atoms with Crippen molar-refractivity contribution >= 4 is 27.7 Å². The third-order valence-electron chi connectivity index (χ3n) is 6.45. The van der Waals surface area contributed by atoms with Crippen molar-refractivity contribution in [1.82, 2.24) is 19.8 Å². The molecule has 1 aliphatic rings. The first-order chi connectivity index (χ1) is 19.5. The Labute approximate surface area is 240 Å². The number of carbonyl (C=O) groups is 2. The van der Waals surface area contributed by atoms with E-state index in [2.05, 4.69) is 22.0 Å². The minimum Gasteiger partial charge on any atom is -0.494 e. The number of hydrogen-bond donors (Lipinski definition) is 1. The fraction of sp³-hybridized carbons (Fsp3) is 0.333. The van der Waals surface area contributed by atoms with E-state index in [1.165, 1.54) is 26.8 Å². The van der Waals surface area contributed by atoms with Crippen LogP contribution < -0.4 is 14.4 Å². The molecule has 0 radical (unpaired) electrons. The Bertz CT molecular complexity index is 1580. The molecule has 4 rings (SSSR count). The molecule has 2 aromatic carbocycles. The molecule has 0 saturated carbocycles. The highest BCUT2D eigenvalue weighted by Crippen LogP contribution is 2.18. The number of nitrogens with zero attached hydrogens (tertiary/aromatic N) is 4. The molecule has 2 heterocycles. The molecule has 1 aromatic heterocycles. The van der Waals surface area contributed by atoms with Crippen molar-refractivity contribution in [2.45, 2.75) is 32.4 Å². The zero-order valence-corrected chi connectivity index (χ0v) is 24.4. The van der Waals surface area contributed by atoms with Crippen LogP contribution in [0.3, 0.4) is 0 Å². The number of nitrogens with one attached hydrogen (secondary N) is 1. The summed E-state index contributed by atoms with van der Waals surface area (Å²) in [6.45, 7) is 8.95. The summed E-state index contributed by atoms with van der Waals surface area (Å²) in [4.78, 5) is 29.5. The van der Waals surface area contributed by atoms with E-state index in [1.807, 2.05) is 59.0 Å². The maximum atomic E-state index is 13.4. The number of amides is 2. The largest absolute Gasteiger partial charge is 0.494 e. The number of anilines is 1. The first kappa shape index (κ1) is 29.6. The molecule has 1 N–H and O–H groups in total. The summed E-state index contributed by atoms with van der Waals surface area (Å²) in [5.41, 5.74) is 1.88. The summed E-state index contributed by atoms with van der Waals surface area (Å²) in [6.07, 6.45) is 0. The van der Waals surface area contributed by atoms with E-state index in [0.29, 0.717) is 49.7 Å². The van der Waals surface area contributed by atoms with Gasteiger partial charge in [-0.25, -0.2) is 13.1 Å². The minimum absolute atomic E-state index is 0.0993. The van der Waals surface area contributed by atoms with Crippen molar-refractivity contribution in [3.8, 4) is 17.6 Å². The van der Waals surface area contributed by atoms with Crippen LogP contribution in [0.25, 0.3) is 0 Å². The number of hydrogen-bond acceptors (Lipinski definition) is 8. The molecule has 214 valence electrons. The Hall–Kier alpha value is -4.43. The van der Waals surface area contributed by atoms with Crippen LogP contribution in [0.5, 0.6) is 5.75 Å². The molecule has 0 aliphatic carbocycles. The van der Waals surface area contributed by atoms with Gasteiger partial charge in [0, 0.05) is 37.3 Å². The van der Waals surface area contributed by atoms with Crippen molar-refractivity contribution in [2.24, 2.45) is 0 Å². The van der Waals surface area contributed by atoms with Crippen LogP contribution in [0, 0.1) is 11.8 Å². The molecule has 41 heavy (non-hydrogen) atoms. The van der Waals surface area contributed by atoms with E-state index in [-0.39, 0.29) is 11.6 Å². The van der Waals surface area contributed by atoms with Gasteiger partial charge < -0.3 is 14.5 Å². The summed E-state index contributed by atoms with van der Waals surface area (Å²) in [5.74, 6) is 6.62. The average molecular weight is 576 g/mol. The molecule has 2 amide bonds. The lowest BCUT2D eigenvalue weighted by molar-refractivity contribution is 0.0745. The molecule has 0 atom stereocenters. The van der Waals surface area contributed by atoms with E-state index in [9.17, 15) is 18.0 Å². The maximum Gasteiger partial charge on any atom is 0.285 e. The number of piperazine rings is 1. The molecule has 0 spiro atoms. The van der Waals surface area contributed by atoms with Gasteiger partial charge in [-0.05, 0) is 70.2 Å². The molecule has 10 nitrogen and oxygen atoms in total. The van der Waals surface area contributed by atoms with Crippen LogP contribution in [0.4, 0.5) is 5.82 Å². The van der Waals surface area contributed by atoms with Crippen molar-refractivity contribution in [1.29, 1.82) is 0 Å². The van der Waals surface area contributed by atoms with Crippen LogP contribution in [-0.4, -0.2) is 72.9 Å². The highest BCUT2D eigenvalue weighted by molar-refractivity contribution is 7.91. The van der Waals surface area contributed by atoms with E-state index in [1.54, 1.807) is 17.0 Å². The molecule has 0 bridgehead atoms. The Morgan fingerprint density at radius 2 is 1.68 bits per heavy atom. The smallest absolute Gasteiger partial charge is 0.285 e. The van der Waals surface area contributed by atoms with Crippen molar-refractivity contribution in [3.63, 3.8) is 0 Å². The third kappa shape index (κ3) is 7.21. The Kier molecular flexibility index (Phi) is 8.93. The normalized spacial score (nSPS) is 13.7. The van der Waals surface area contributed by atoms with Crippen LogP contribution in [0.2, 0.25) is 0 Å². The summed E-state index contributed by atoms with van der Waals surface area (Å²) < 4.78 is 31.0. The lowest BCUT2D eigenvalue weighted by Crippen LogP contribution is -2.49. The molecule has 0 unspecified atom stereocenters. The van der Waals surface area contributed by atoms with Gasteiger partial charge in [-0.3, -0.25) is 9.59 Å². The predicted molar refractivity (Wildman–Crippen MR) is 156 cm³/mol. The van der Waals surface area contributed by atoms with Crippen molar-refractivity contribution in [2.75, 3.05) is 37.7 Å². The van der Waals surface area contributed by atoms with Gasteiger partial charge in [0.15, 0.2) is 11.5 Å². The number of rotatable bonds is 6. The zero-order chi connectivity index (χ0) is 29.6. The number of aromatic nitrogens is 2. The Morgan fingerprint density at radius 3 is 2.34 bits per heavy atom. The number of ether oxygens (including phenoxy) is 1. The second-order valence-electron chi connectivity index (χ2n) is 10.4. The Balaban J connectivity index is 1.39. The summed E-state index contributed by atoms with van der Waals surface area (Å²) in [5, 5.41) is 8.04. The van der Waals surface area contributed by atoms with E-state index < -0.39 is 20.7 Å². The molecule has 1 fully saturated rings. The van der Waals surface area contributed by atoms with Crippen LogP contribution >= 0.6 is 0 Å². The highest BCUT2D eigenvalue weighted by Gasteiger charge is 2.31. The van der Waals surface area contributed by atoms with E-state index in [4.69, 9.17) is 4.74 Å². The molecule has 3 aromatic rings. The second kappa shape index (κ2) is 12.4. The van der Waals surface area contributed by atoms with Gasteiger partial charge in [0.05, 0.1) is 16.9 Å². The summed E-state index contributed by atoms with van der Waals surface area (Å²) >= 11 is 0. The lowest BCUT2D eigenvalue weighted by atomic mass is 10.1. The van der Waals surface area contributed by atoms with Crippen molar-refractivity contribution < 1.29 is 22.7 Å². The number of benzene rings is 2. The lowest BCUT2D eigenvalue weighted by Gasteiger charge is -2.35. The molecule has 11 heteroatoms. The van der Waals surface area contributed by atoms with E-state index in [0.717, 1.165) is 11.3 Å². The summed E-state index contributed by atoms with van der Waals surface area (Å²) in [7, 11) is -3.87.